The van der Waals surface area contributed by atoms with Crippen LogP contribution in [0.1, 0.15) is 31.7 Å². The average molecular weight is 386 g/mol. The minimum Gasteiger partial charge on any atom is -0.506 e. The molecule has 0 amide bonds. The summed E-state index contributed by atoms with van der Waals surface area (Å²) in [5.41, 5.74) is 0.845. The van der Waals surface area contributed by atoms with Gasteiger partial charge in [0.05, 0.1) is 5.52 Å². The van der Waals surface area contributed by atoms with E-state index in [0.717, 1.165) is 24.8 Å². The third-order valence-corrected chi connectivity index (χ3v) is 5.73. The van der Waals surface area contributed by atoms with Crippen LogP contribution in [0.15, 0.2) is 53.6 Å². The van der Waals surface area contributed by atoms with Crippen LogP contribution >= 0.6 is 0 Å². The number of fused-ring (bicyclic) bond motifs is 1. The number of rotatable bonds is 7. The van der Waals surface area contributed by atoms with Gasteiger partial charge in [0.25, 0.3) is 10.0 Å². The van der Waals surface area contributed by atoms with E-state index in [4.69, 9.17) is 0 Å². The number of phenols is 2. The number of nitrogens with one attached hydrogen (secondary N) is 1. The minimum atomic E-state index is -4.05. The van der Waals surface area contributed by atoms with Crippen LogP contribution in [-0.4, -0.2) is 23.6 Å². The molecule has 6 nitrogen and oxygen atoms in total. The van der Waals surface area contributed by atoms with E-state index in [9.17, 15) is 18.6 Å². The molecule has 0 aliphatic carbocycles. The lowest BCUT2D eigenvalue weighted by molar-refractivity contribution is 0.453. The van der Waals surface area contributed by atoms with Crippen LogP contribution in [0, 0.1) is 0 Å². The maximum absolute atomic E-state index is 12.8. The van der Waals surface area contributed by atoms with Crippen molar-refractivity contribution < 1.29 is 18.6 Å². The molecule has 1 aromatic heterocycles. The Morgan fingerprint density at radius 1 is 1.04 bits per heavy atom. The minimum absolute atomic E-state index is 0.0218. The van der Waals surface area contributed by atoms with Gasteiger partial charge >= 0.3 is 0 Å². The molecule has 0 fully saturated rings. The van der Waals surface area contributed by atoms with Crippen LogP contribution in [0.3, 0.4) is 0 Å². The lowest BCUT2D eigenvalue weighted by Gasteiger charge is -2.14. The van der Waals surface area contributed by atoms with Crippen molar-refractivity contribution in [3.63, 3.8) is 0 Å². The number of aromatic hydroxyl groups is 2. The highest BCUT2D eigenvalue weighted by molar-refractivity contribution is 7.93. The molecule has 0 saturated carbocycles. The largest absolute Gasteiger partial charge is 0.506 e. The number of anilines is 1. The molecular weight excluding hydrogens is 364 g/mol. The SMILES string of the molecule is CCCCCc1cc(O)c(NS(=O)(=O)c2cccc3cccnc23)c(O)c1. The smallest absolute Gasteiger partial charge is 0.264 e. The van der Waals surface area contributed by atoms with Crippen molar-refractivity contribution in [2.45, 2.75) is 37.5 Å². The van der Waals surface area contributed by atoms with E-state index < -0.39 is 10.0 Å². The topological polar surface area (TPSA) is 99.5 Å². The molecule has 0 aliphatic heterocycles. The van der Waals surface area contributed by atoms with Crippen molar-refractivity contribution in [3.05, 3.63) is 54.2 Å². The molecule has 3 aromatic rings. The van der Waals surface area contributed by atoms with E-state index in [0.29, 0.717) is 17.3 Å². The first-order valence-corrected chi connectivity index (χ1v) is 10.3. The van der Waals surface area contributed by atoms with Gasteiger partial charge in [-0.25, -0.2) is 8.42 Å². The highest BCUT2D eigenvalue weighted by Crippen LogP contribution is 2.37. The number of benzene rings is 2. The Bertz CT molecular complexity index is 1040. The summed E-state index contributed by atoms with van der Waals surface area (Å²) in [4.78, 5) is 4.12. The molecule has 0 saturated heterocycles. The Morgan fingerprint density at radius 3 is 2.44 bits per heavy atom. The summed E-state index contributed by atoms with van der Waals surface area (Å²) in [6.45, 7) is 2.09. The number of nitrogens with zero attached hydrogens (tertiary/aromatic N) is 1. The zero-order valence-corrected chi connectivity index (χ0v) is 15.8. The number of aryl methyl sites for hydroxylation is 1. The number of phenolic OH excluding ortho intramolecular Hbond substituents is 2. The molecule has 0 aliphatic rings. The van der Waals surface area contributed by atoms with E-state index >= 15 is 0 Å². The van der Waals surface area contributed by atoms with Gasteiger partial charge in [-0.3, -0.25) is 9.71 Å². The molecule has 3 N–H and O–H groups in total. The van der Waals surface area contributed by atoms with Crippen LogP contribution in [0.4, 0.5) is 5.69 Å². The molecule has 0 bridgehead atoms. The number of aromatic nitrogens is 1. The second kappa shape index (κ2) is 7.84. The summed E-state index contributed by atoms with van der Waals surface area (Å²) in [6, 6.07) is 11.3. The molecule has 7 heteroatoms. The lowest BCUT2D eigenvalue weighted by atomic mass is 10.1. The monoisotopic (exact) mass is 386 g/mol. The van der Waals surface area contributed by atoms with Crippen LogP contribution < -0.4 is 4.72 Å². The first-order valence-electron chi connectivity index (χ1n) is 8.84. The molecule has 3 rings (SSSR count). The summed E-state index contributed by atoms with van der Waals surface area (Å²) in [6.07, 6.45) is 5.26. The Labute approximate surface area is 158 Å². The number of hydrogen-bond donors (Lipinski definition) is 3. The van der Waals surface area contributed by atoms with Crippen molar-refractivity contribution >= 4 is 26.6 Å². The van der Waals surface area contributed by atoms with Gasteiger partial charge in [0.2, 0.25) is 0 Å². The second-order valence-electron chi connectivity index (χ2n) is 6.40. The quantitative estimate of drug-likeness (QED) is 0.418. The van der Waals surface area contributed by atoms with Crippen LogP contribution in [0.2, 0.25) is 0 Å². The molecule has 2 aromatic carbocycles. The van der Waals surface area contributed by atoms with Crippen molar-refractivity contribution in [2.24, 2.45) is 0 Å². The average Bonchev–Trinajstić information content (AvgIpc) is 2.64. The van der Waals surface area contributed by atoms with E-state index in [1.54, 1.807) is 24.3 Å². The standard InChI is InChI=1S/C20H22N2O4S/c1-2-3-4-7-14-12-16(23)20(17(24)13-14)22-27(25,26)18-10-5-8-15-9-6-11-21-19(15)18/h5-6,8-13,22-24H,2-4,7H2,1H3. The fourth-order valence-corrected chi connectivity index (χ4v) is 4.25. The van der Waals surface area contributed by atoms with Gasteiger partial charge in [-0.1, -0.05) is 38.0 Å². The fraction of sp³-hybridized carbons (Fsp3) is 0.250. The molecule has 0 unspecified atom stereocenters. The van der Waals surface area contributed by atoms with E-state index in [-0.39, 0.29) is 22.1 Å². The van der Waals surface area contributed by atoms with Crippen LogP contribution in [-0.2, 0) is 16.4 Å². The maximum Gasteiger partial charge on any atom is 0.264 e. The number of unbranched alkanes of at least 4 members (excludes halogenated alkanes) is 2. The maximum atomic E-state index is 12.8. The molecular formula is C20H22N2O4S. The Morgan fingerprint density at radius 2 is 1.74 bits per heavy atom. The van der Waals surface area contributed by atoms with Gasteiger partial charge in [0.1, 0.15) is 22.1 Å². The van der Waals surface area contributed by atoms with E-state index in [2.05, 4.69) is 16.6 Å². The molecule has 0 spiro atoms. The van der Waals surface area contributed by atoms with Gasteiger partial charge in [0.15, 0.2) is 0 Å². The van der Waals surface area contributed by atoms with Crippen molar-refractivity contribution in [2.75, 3.05) is 4.72 Å². The van der Waals surface area contributed by atoms with Gasteiger partial charge in [0, 0.05) is 11.6 Å². The van der Waals surface area contributed by atoms with Crippen molar-refractivity contribution in [1.29, 1.82) is 0 Å². The zero-order chi connectivity index (χ0) is 19.4. The molecule has 1 heterocycles. The molecule has 0 atom stereocenters. The van der Waals surface area contributed by atoms with Gasteiger partial charge in [-0.15, -0.1) is 0 Å². The first-order chi connectivity index (χ1) is 12.9. The van der Waals surface area contributed by atoms with Crippen LogP contribution in [0.5, 0.6) is 11.5 Å². The summed E-state index contributed by atoms with van der Waals surface area (Å²) < 4.78 is 28.0. The predicted octanol–water partition coefficient (Wildman–Crippen LogP) is 4.18. The van der Waals surface area contributed by atoms with Gasteiger partial charge < -0.3 is 10.2 Å². The van der Waals surface area contributed by atoms with Crippen molar-refractivity contribution in [1.82, 2.24) is 4.98 Å². The Hall–Kier alpha value is -2.80. The Balaban J connectivity index is 1.94. The normalized spacial score (nSPS) is 11.6. The van der Waals surface area contributed by atoms with E-state index in [1.165, 1.54) is 24.4 Å². The number of sulfonamides is 1. The molecule has 0 radical (unpaired) electrons. The number of para-hydroxylation sites is 1. The highest BCUT2D eigenvalue weighted by atomic mass is 32.2. The summed E-state index contributed by atoms with van der Waals surface area (Å²) in [5, 5.41) is 21.2. The zero-order valence-electron chi connectivity index (χ0n) is 15.0. The van der Waals surface area contributed by atoms with Crippen LogP contribution in [0.25, 0.3) is 10.9 Å². The third-order valence-electron chi connectivity index (χ3n) is 4.35. The Kier molecular flexibility index (Phi) is 5.51. The van der Waals surface area contributed by atoms with Crippen molar-refractivity contribution in [3.8, 4) is 11.5 Å². The van der Waals surface area contributed by atoms with Gasteiger partial charge in [-0.2, -0.15) is 0 Å². The first kappa shape index (κ1) is 19.0. The van der Waals surface area contributed by atoms with E-state index in [1.807, 2.05) is 0 Å². The highest BCUT2D eigenvalue weighted by Gasteiger charge is 2.22. The molecule has 27 heavy (non-hydrogen) atoms. The number of pyridine rings is 1. The lowest BCUT2D eigenvalue weighted by Crippen LogP contribution is -2.14. The third kappa shape index (κ3) is 4.14. The second-order valence-corrected chi connectivity index (χ2v) is 8.05. The summed E-state index contributed by atoms with van der Waals surface area (Å²) >= 11 is 0. The summed E-state index contributed by atoms with van der Waals surface area (Å²) in [5.74, 6) is -0.614. The summed E-state index contributed by atoms with van der Waals surface area (Å²) in [7, 11) is -4.05. The predicted molar refractivity (Wildman–Crippen MR) is 106 cm³/mol. The van der Waals surface area contributed by atoms with Gasteiger partial charge in [-0.05, 0) is 42.7 Å². The fourth-order valence-electron chi connectivity index (χ4n) is 2.98. The molecule has 142 valence electrons. The number of hydrogen-bond acceptors (Lipinski definition) is 5.